The molecule has 2 aromatic carbocycles. The van der Waals surface area contributed by atoms with Crippen LogP contribution in [0.3, 0.4) is 0 Å². The molecular weight excluding hydrogens is 571 g/mol. The van der Waals surface area contributed by atoms with Crippen molar-refractivity contribution < 1.29 is 14.3 Å². The van der Waals surface area contributed by atoms with Gasteiger partial charge in [0.25, 0.3) is 0 Å². The average molecular weight is 609 g/mol. The van der Waals surface area contributed by atoms with Crippen LogP contribution in [0.2, 0.25) is 5.02 Å². The van der Waals surface area contributed by atoms with Crippen LogP contribution in [0.25, 0.3) is 27.9 Å². The lowest BCUT2D eigenvalue weighted by molar-refractivity contribution is -0.119. The highest BCUT2D eigenvalue weighted by molar-refractivity contribution is 6.32. The summed E-state index contributed by atoms with van der Waals surface area (Å²) in [5.41, 5.74) is 1.90. The Kier molecular flexibility index (Phi) is 10.3. The van der Waals surface area contributed by atoms with E-state index in [0.29, 0.717) is 47.8 Å². The van der Waals surface area contributed by atoms with E-state index in [1.807, 2.05) is 13.1 Å². The molecule has 11 heteroatoms. The fourth-order valence-electron chi connectivity index (χ4n) is 4.94. The maximum atomic E-state index is 15.1. The van der Waals surface area contributed by atoms with Gasteiger partial charge in [0.1, 0.15) is 17.4 Å². The van der Waals surface area contributed by atoms with E-state index in [4.69, 9.17) is 11.6 Å². The second-order valence-electron chi connectivity index (χ2n) is 10.8. The third kappa shape index (κ3) is 7.44. The molecule has 2 aromatic heterocycles. The van der Waals surface area contributed by atoms with Crippen molar-refractivity contribution in [2.24, 2.45) is 13.0 Å². The molecule has 0 saturated heterocycles. The van der Waals surface area contributed by atoms with Crippen molar-refractivity contribution in [2.75, 3.05) is 31.6 Å². The number of hydrogen-bond acceptors (Lipinski definition) is 6. The number of phenols is 1. The second-order valence-corrected chi connectivity index (χ2v) is 11.2. The first kappa shape index (κ1) is 31.8. The molecule has 43 heavy (non-hydrogen) atoms. The number of benzene rings is 2. The number of likely N-dealkylation sites (N-methyl/N-ethyl adjacent to an activating group) is 1. The van der Waals surface area contributed by atoms with Gasteiger partial charge in [-0.05, 0) is 73.8 Å². The summed E-state index contributed by atoms with van der Waals surface area (Å²) in [6, 6.07) is 11.2. The Morgan fingerprint density at radius 1 is 1.12 bits per heavy atom. The minimum atomic E-state index is -0.525. The van der Waals surface area contributed by atoms with E-state index in [1.54, 1.807) is 49.9 Å². The number of pyridine rings is 1. The number of carbonyl (C=O) groups excluding carboxylic acids is 1. The van der Waals surface area contributed by atoms with Gasteiger partial charge in [0.05, 0.1) is 10.7 Å². The van der Waals surface area contributed by atoms with Gasteiger partial charge in [-0.1, -0.05) is 24.6 Å². The number of halogens is 2. The van der Waals surface area contributed by atoms with Gasteiger partial charge in [0.2, 0.25) is 5.91 Å². The monoisotopic (exact) mass is 608 g/mol. The maximum absolute atomic E-state index is 15.1. The van der Waals surface area contributed by atoms with Crippen molar-refractivity contribution in [1.82, 2.24) is 24.8 Å². The van der Waals surface area contributed by atoms with Crippen LogP contribution in [0.15, 0.2) is 65.8 Å². The molecule has 2 unspecified atom stereocenters. The fraction of sp³-hybridized carbons (Fsp3) is 0.344. The topological polar surface area (TPSA) is 104 Å². The summed E-state index contributed by atoms with van der Waals surface area (Å²) >= 11 is 6.56. The lowest BCUT2D eigenvalue weighted by Gasteiger charge is -2.31. The minimum absolute atomic E-state index is 0.0731. The SMILES string of the molecule is CCC(CNC(C)=O)CN(CC(C)NC)c1cc(-c2cc(F)cc(-c3ccc(-n4ccn(C)c4=O)c(Cl)c3)c2O)ccn1. The Bertz CT molecular complexity index is 1650. The van der Waals surface area contributed by atoms with E-state index in [-0.39, 0.29) is 39.9 Å². The highest BCUT2D eigenvalue weighted by Gasteiger charge is 2.20. The number of nitrogens with one attached hydrogen (secondary N) is 2. The third-order valence-corrected chi connectivity index (χ3v) is 7.91. The molecule has 0 aliphatic carbocycles. The Morgan fingerprint density at radius 3 is 2.40 bits per heavy atom. The zero-order chi connectivity index (χ0) is 31.3. The number of rotatable bonds is 12. The maximum Gasteiger partial charge on any atom is 0.332 e. The summed E-state index contributed by atoms with van der Waals surface area (Å²) in [7, 11) is 3.54. The molecule has 0 radical (unpaired) electrons. The quantitative estimate of drug-likeness (QED) is 0.210. The van der Waals surface area contributed by atoms with E-state index in [0.717, 1.165) is 6.42 Å². The van der Waals surface area contributed by atoms with E-state index in [2.05, 4.69) is 34.4 Å². The summed E-state index contributed by atoms with van der Waals surface area (Å²) in [6.45, 7) is 7.50. The molecule has 0 saturated carbocycles. The van der Waals surface area contributed by atoms with Crippen LogP contribution in [-0.2, 0) is 11.8 Å². The molecule has 2 atom stereocenters. The van der Waals surface area contributed by atoms with Gasteiger partial charge in [-0.3, -0.25) is 9.36 Å². The third-order valence-electron chi connectivity index (χ3n) is 7.60. The van der Waals surface area contributed by atoms with Crippen LogP contribution in [-0.4, -0.2) is 57.9 Å². The van der Waals surface area contributed by atoms with Crippen molar-refractivity contribution in [3.8, 4) is 33.7 Å². The van der Waals surface area contributed by atoms with Gasteiger partial charge in [-0.15, -0.1) is 0 Å². The van der Waals surface area contributed by atoms with Gasteiger partial charge in [0.15, 0.2) is 0 Å². The molecule has 0 bridgehead atoms. The van der Waals surface area contributed by atoms with Crippen LogP contribution in [0.5, 0.6) is 5.75 Å². The average Bonchev–Trinajstić information content (AvgIpc) is 3.32. The molecule has 2 heterocycles. The molecule has 0 fully saturated rings. The normalized spacial score (nSPS) is 12.6. The number of nitrogens with zero attached hydrogens (tertiary/aromatic N) is 4. The Morgan fingerprint density at radius 2 is 1.81 bits per heavy atom. The number of aromatic nitrogens is 3. The summed E-state index contributed by atoms with van der Waals surface area (Å²) in [4.78, 5) is 30.7. The van der Waals surface area contributed by atoms with Crippen molar-refractivity contribution in [2.45, 2.75) is 33.2 Å². The summed E-state index contributed by atoms with van der Waals surface area (Å²) < 4.78 is 17.9. The standard InChI is InChI=1S/C32H38ClFN6O3/c1-6-22(17-37-21(3)41)19-39(18-20(2)35-4)30-14-24(9-10-36-30)27-16-25(34)15-26(31(27)42)23-7-8-29(28(33)13-23)40-12-11-38(5)32(40)43/h7-16,20,22,35,42H,6,17-19H2,1-5H3,(H,37,41). The molecule has 3 N–H and O–H groups in total. The Balaban J connectivity index is 1.71. The largest absolute Gasteiger partial charge is 0.507 e. The van der Waals surface area contributed by atoms with Crippen LogP contribution in [0, 0.1) is 11.7 Å². The van der Waals surface area contributed by atoms with Gasteiger partial charge in [-0.25, -0.2) is 14.2 Å². The van der Waals surface area contributed by atoms with Crippen molar-refractivity contribution in [3.05, 3.63) is 82.4 Å². The number of phenolic OH excluding ortho intramolecular Hbond substituents is 1. The van der Waals surface area contributed by atoms with E-state index < -0.39 is 5.82 Å². The predicted octanol–water partition coefficient (Wildman–Crippen LogP) is 4.98. The fourth-order valence-corrected chi connectivity index (χ4v) is 5.21. The first-order valence-electron chi connectivity index (χ1n) is 14.2. The molecule has 1 amide bonds. The number of imidazole rings is 1. The van der Waals surface area contributed by atoms with Crippen LogP contribution in [0.1, 0.15) is 27.2 Å². The molecule has 4 rings (SSSR count). The van der Waals surface area contributed by atoms with Gasteiger partial charge in [-0.2, -0.15) is 0 Å². The van der Waals surface area contributed by atoms with Gasteiger partial charge >= 0.3 is 5.69 Å². The van der Waals surface area contributed by atoms with Crippen LogP contribution >= 0.6 is 11.6 Å². The first-order valence-corrected chi connectivity index (χ1v) is 14.6. The van der Waals surface area contributed by atoms with Crippen LogP contribution < -0.4 is 21.2 Å². The molecule has 0 spiro atoms. The Labute approximate surface area is 255 Å². The number of carbonyl (C=O) groups is 1. The number of anilines is 1. The number of amides is 1. The van der Waals surface area contributed by atoms with Crippen LogP contribution in [0.4, 0.5) is 10.2 Å². The number of hydrogen-bond donors (Lipinski definition) is 3. The molecular formula is C32H38ClFN6O3. The predicted molar refractivity (Wildman–Crippen MR) is 170 cm³/mol. The highest BCUT2D eigenvalue weighted by Crippen LogP contribution is 2.41. The van der Waals surface area contributed by atoms with E-state index in [1.165, 1.54) is 28.2 Å². The zero-order valence-corrected chi connectivity index (χ0v) is 25.8. The summed E-state index contributed by atoms with van der Waals surface area (Å²) in [6.07, 6.45) is 5.75. The minimum Gasteiger partial charge on any atom is -0.507 e. The Hall–Kier alpha value is -4.15. The lowest BCUT2D eigenvalue weighted by atomic mass is 9.97. The highest BCUT2D eigenvalue weighted by atomic mass is 35.5. The van der Waals surface area contributed by atoms with Crippen molar-refractivity contribution >= 4 is 23.3 Å². The molecule has 228 valence electrons. The smallest absolute Gasteiger partial charge is 0.332 e. The van der Waals surface area contributed by atoms with E-state index >= 15 is 4.39 Å². The van der Waals surface area contributed by atoms with Crippen molar-refractivity contribution in [3.63, 3.8) is 0 Å². The second kappa shape index (κ2) is 13.9. The van der Waals surface area contributed by atoms with E-state index in [9.17, 15) is 14.7 Å². The first-order chi connectivity index (χ1) is 20.5. The van der Waals surface area contributed by atoms with Gasteiger partial charge in [0, 0.05) is 69.4 Å². The molecule has 4 aromatic rings. The number of aromatic hydroxyl groups is 1. The summed E-state index contributed by atoms with van der Waals surface area (Å²) in [5.74, 6) is 0.156. The number of aryl methyl sites for hydroxylation is 1. The lowest BCUT2D eigenvalue weighted by Crippen LogP contribution is -2.42. The molecule has 0 aliphatic heterocycles. The molecule has 9 nitrogen and oxygen atoms in total. The zero-order valence-electron chi connectivity index (χ0n) is 25.1. The van der Waals surface area contributed by atoms with Crippen molar-refractivity contribution in [1.29, 1.82) is 0 Å². The summed E-state index contributed by atoms with van der Waals surface area (Å²) in [5, 5.41) is 17.9. The molecule has 0 aliphatic rings. The van der Waals surface area contributed by atoms with Gasteiger partial charge < -0.3 is 25.2 Å².